The SMILES string of the molecule is CCSc1ccc(OCC2CC2)c(-c2cn(C)c(=O)c3cncn23)c1. The van der Waals surface area contributed by atoms with Crippen molar-refractivity contribution in [1.29, 1.82) is 0 Å². The molecule has 1 saturated carbocycles. The fraction of sp³-hybridized carbons (Fsp3) is 0.368. The third-order valence-electron chi connectivity index (χ3n) is 4.46. The van der Waals surface area contributed by atoms with Crippen LogP contribution >= 0.6 is 11.8 Å². The first kappa shape index (κ1) is 16.3. The minimum absolute atomic E-state index is 0.0548. The monoisotopic (exact) mass is 355 g/mol. The van der Waals surface area contributed by atoms with E-state index in [2.05, 4.69) is 24.0 Å². The van der Waals surface area contributed by atoms with Crippen LogP contribution in [-0.4, -0.2) is 26.3 Å². The van der Waals surface area contributed by atoms with Crippen LogP contribution in [0.3, 0.4) is 0 Å². The molecule has 0 spiro atoms. The lowest BCUT2D eigenvalue weighted by molar-refractivity contribution is 0.300. The summed E-state index contributed by atoms with van der Waals surface area (Å²) in [6, 6.07) is 6.30. The lowest BCUT2D eigenvalue weighted by Gasteiger charge is -2.15. The lowest BCUT2D eigenvalue weighted by Crippen LogP contribution is -2.19. The van der Waals surface area contributed by atoms with E-state index in [1.807, 2.05) is 16.7 Å². The molecule has 2 aromatic heterocycles. The van der Waals surface area contributed by atoms with E-state index < -0.39 is 0 Å². The van der Waals surface area contributed by atoms with Crippen molar-refractivity contribution in [3.63, 3.8) is 0 Å². The van der Waals surface area contributed by atoms with Crippen molar-refractivity contribution in [2.24, 2.45) is 13.0 Å². The maximum absolute atomic E-state index is 12.3. The van der Waals surface area contributed by atoms with Crippen LogP contribution in [0.25, 0.3) is 16.8 Å². The van der Waals surface area contributed by atoms with Gasteiger partial charge >= 0.3 is 0 Å². The highest BCUT2D eigenvalue weighted by Crippen LogP contribution is 2.36. The van der Waals surface area contributed by atoms with Crippen molar-refractivity contribution in [2.45, 2.75) is 24.7 Å². The van der Waals surface area contributed by atoms with Crippen LogP contribution in [0.4, 0.5) is 0 Å². The van der Waals surface area contributed by atoms with Gasteiger partial charge in [0.05, 0.1) is 24.8 Å². The molecule has 1 fully saturated rings. The average Bonchev–Trinajstić information content (AvgIpc) is 3.31. The van der Waals surface area contributed by atoms with Gasteiger partial charge in [-0.05, 0) is 42.7 Å². The molecule has 1 aliphatic carbocycles. The zero-order valence-corrected chi connectivity index (χ0v) is 15.3. The molecular formula is C19H21N3O2S. The van der Waals surface area contributed by atoms with Gasteiger partial charge in [0.25, 0.3) is 5.56 Å². The van der Waals surface area contributed by atoms with Crippen LogP contribution in [0.5, 0.6) is 5.75 Å². The second-order valence-corrected chi connectivity index (χ2v) is 7.76. The van der Waals surface area contributed by atoms with Crippen molar-refractivity contribution in [3.05, 3.63) is 47.3 Å². The molecule has 0 bridgehead atoms. The maximum Gasteiger partial charge on any atom is 0.276 e. The summed E-state index contributed by atoms with van der Waals surface area (Å²) in [7, 11) is 1.77. The zero-order chi connectivity index (χ0) is 17.4. The van der Waals surface area contributed by atoms with E-state index in [1.54, 1.807) is 35.9 Å². The molecule has 0 N–H and O–H groups in total. The molecule has 0 atom stereocenters. The molecule has 0 aliphatic heterocycles. The summed E-state index contributed by atoms with van der Waals surface area (Å²) in [5.41, 5.74) is 2.43. The van der Waals surface area contributed by atoms with Gasteiger partial charge in [0.15, 0.2) is 0 Å². The van der Waals surface area contributed by atoms with E-state index in [1.165, 1.54) is 17.7 Å². The van der Waals surface area contributed by atoms with Gasteiger partial charge in [-0.2, -0.15) is 0 Å². The Labute approximate surface area is 150 Å². The number of imidazole rings is 1. The summed E-state index contributed by atoms with van der Waals surface area (Å²) in [4.78, 5) is 17.7. The fourth-order valence-corrected chi connectivity index (χ4v) is 3.61. The number of aromatic nitrogens is 3. The number of benzene rings is 1. The van der Waals surface area contributed by atoms with Gasteiger partial charge in [0, 0.05) is 23.7 Å². The maximum atomic E-state index is 12.3. The number of hydrogen-bond donors (Lipinski definition) is 0. The molecule has 1 aliphatic rings. The number of nitrogens with zero attached hydrogens (tertiary/aromatic N) is 3. The normalized spacial score (nSPS) is 14.2. The lowest BCUT2D eigenvalue weighted by atomic mass is 10.1. The van der Waals surface area contributed by atoms with Crippen molar-refractivity contribution < 1.29 is 4.74 Å². The van der Waals surface area contributed by atoms with Crippen LogP contribution in [0.1, 0.15) is 19.8 Å². The van der Waals surface area contributed by atoms with Gasteiger partial charge in [-0.25, -0.2) is 4.98 Å². The highest BCUT2D eigenvalue weighted by Gasteiger charge is 2.23. The molecule has 0 unspecified atom stereocenters. The number of ether oxygens (including phenoxy) is 1. The summed E-state index contributed by atoms with van der Waals surface area (Å²) in [5, 5.41) is 0. The average molecular weight is 355 g/mol. The van der Waals surface area contributed by atoms with Gasteiger partial charge in [-0.15, -0.1) is 11.8 Å². The number of hydrogen-bond acceptors (Lipinski definition) is 4. The van der Waals surface area contributed by atoms with Crippen LogP contribution in [0.15, 0.2) is 46.6 Å². The molecule has 0 amide bonds. The molecule has 5 nitrogen and oxygen atoms in total. The van der Waals surface area contributed by atoms with Crippen LogP contribution in [-0.2, 0) is 7.05 Å². The first-order valence-corrected chi connectivity index (χ1v) is 9.57. The van der Waals surface area contributed by atoms with E-state index in [4.69, 9.17) is 4.74 Å². The highest BCUT2D eigenvalue weighted by molar-refractivity contribution is 7.99. The zero-order valence-electron chi connectivity index (χ0n) is 14.4. The van der Waals surface area contributed by atoms with E-state index in [0.29, 0.717) is 11.4 Å². The van der Waals surface area contributed by atoms with Crippen molar-refractivity contribution >= 4 is 17.3 Å². The Kier molecular flexibility index (Phi) is 4.29. The summed E-state index contributed by atoms with van der Waals surface area (Å²) in [6.45, 7) is 2.90. The molecule has 3 aromatic rings. The van der Waals surface area contributed by atoms with E-state index in [9.17, 15) is 4.79 Å². The summed E-state index contributed by atoms with van der Waals surface area (Å²) in [5.74, 6) is 2.56. The summed E-state index contributed by atoms with van der Waals surface area (Å²) in [6.07, 6.45) is 7.67. The van der Waals surface area contributed by atoms with Gasteiger partial charge in [-0.1, -0.05) is 6.92 Å². The fourth-order valence-electron chi connectivity index (χ4n) is 2.91. The molecule has 0 radical (unpaired) electrons. The Morgan fingerprint density at radius 3 is 2.96 bits per heavy atom. The molecule has 0 saturated heterocycles. The van der Waals surface area contributed by atoms with Crippen LogP contribution < -0.4 is 10.3 Å². The van der Waals surface area contributed by atoms with Crippen LogP contribution in [0.2, 0.25) is 0 Å². The van der Waals surface area contributed by atoms with Gasteiger partial charge < -0.3 is 9.30 Å². The molecule has 25 heavy (non-hydrogen) atoms. The van der Waals surface area contributed by atoms with Crippen molar-refractivity contribution in [3.8, 4) is 17.0 Å². The topological polar surface area (TPSA) is 48.5 Å². The van der Waals surface area contributed by atoms with E-state index in [0.717, 1.165) is 29.4 Å². The van der Waals surface area contributed by atoms with E-state index >= 15 is 0 Å². The molecule has 6 heteroatoms. The predicted molar refractivity (Wildman–Crippen MR) is 100 cm³/mol. The molecule has 130 valence electrons. The first-order chi connectivity index (χ1) is 12.2. The molecule has 4 rings (SSSR count). The number of rotatable bonds is 6. The quantitative estimate of drug-likeness (QED) is 0.634. The Balaban J connectivity index is 1.87. The Morgan fingerprint density at radius 1 is 1.36 bits per heavy atom. The van der Waals surface area contributed by atoms with Crippen molar-refractivity contribution in [2.75, 3.05) is 12.4 Å². The number of fused-ring (bicyclic) bond motifs is 1. The second kappa shape index (κ2) is 6.59. The Morgan fingerprint density at radius 2 is 2.20 bits per heavy atom. The minimum Gasteiger partial charge on any atom is -0.493 e. The first-order valence-electron chi connectivity index (χ1n) is 8.59. The second-order valence-electron chi connectivity index (χ2n) is 6.42. The minimum atomic E-state index is -0.0548. The Bertz CT molecular complexity index is 972. The largest absolute Gasteiger partial charge is 0.493 e. The van der Waals surface area contributed by atoms with Gasteiger partial charge in [0.2, 0.25) is 0 Å². The van der Waals surface area contributed by atoms with Crippen molar-refractivity contribution in [1.82, 2.24) is 14.0 Å². The van der Waals surface area contributed by atoms with Crippen LogP contribution in [0, 0.1) is 5.92 Å². The smallest absolute Gasteiger partial charge is 0.276 e. The molecular weight excluding hydrogens is 334 g/mol. The summed E-state index contributed by atoms with van der Waals surface area (Å²) >= 11 is 1.80. The van der Waals surface area contributed by atoms with Gasteiger partial charge in [-0.3, -0.25) is 9.20 Å². The highest BCUT2D eigenvalue weighted by atomic mass is 32.2. The predicted octanol–water partition coefficient (Wildman–Crippen LogP) is 3.60. The van der Waals surface area contributed by atoms with E-state index in [-0.39, 0.29) is 5.56 Å². The summed E-state index contributed by atoms with van der Waals surface area (Å²) < 4.78 is 9.57. The standard InChI is InChI=1S/C19H21N3O2S/c1-3-25-14-6-7-18(24-11-13-4-5-13)15(8-14)17-10-21(2)19(23)16-9-20-12-22(16)17/h6-10,12-13H,3-5,11H2,1-2H3. The Hall–Kier alpha value is -2.21. The number of aryl methyl sites for hydroxylation is 1. The third kappa shape index (κ3) is 3.18. The number of thioether (sulfide) groups is 1. The van der Waals surface area contributed by atoms with Gasteiger partial charge in [0.1, 0.15) is 11.3 Å². The molecule has 1 aromatic carbocycles. The molecule has 2 heterocycles. The third-order valence-corrected chi connectivity index (χ3v) is 5.34.